The number of rotatable bonds is 4. The van der Waals surface area contributed by atoms with E-state index in [2.05, 4.69) is 66.2 Å². The van der Waals surface area contributed by atoms with Crippen molar-refractivity contribution in [3.8, 4) is 11.3 Å². The van der Waals surface area contributed by atoms with Gasteiger partial charge in [-0.25, -0.2) is 4.98 Å². The van der Waals surface area contributed by atoms with Crippen LogP contribution in [0.1, 0.15) is 62.4 Å². The minimum atomic E-state index is 0.749. The molecule has 2 aromatic heterocycles. The lowest BCUT2D eigenvalue weighted by molar-refractivity contribution is 0.112. The Morgan fingerprint density at radius 1 is 1.02 bits per heavy atom. The summed E-state index contributed by atoms with van der Waals surface area (Å²) in [6.07, 6.45) is 11.4. The SMILES string of the molecule is C=CC.CCC.CNc1ccc(C)c(-c2ccc3cnccc3n2)c1.O=Cc1ccc(N2CCCCCS2)cc1. The molecule has 1 N–H and O–H groups in total. The second kappa shape index (κ2) is 18.6. The quantitative estimate of drug-likeness (QED) is 0.153. The number of carbonyl (C=O) groups excluding carboxylic acids is 1. The van der Waals surface area contributed by atoms with E-state index >= 15 is 0 Å². The van der Waals surface area contributed by atoms with Crippen molar-refractivity contribution in [2.24, 2.45) is 0 Å². The lowest BCUT2D eigenvalue weighted by Gasteiger charge is -2.20. The first-order valence-corrected chi connectivity index (χ1v) is 15.0. The van der Waals surface area contributed by atoms with Crippen LogP contribution in [0.5, 0.6) is 0 Å². The third kappa shape index (κ3) is 10.5. The summed E-state index contributed by atoms with van der Waals surface area (Å²) < 4.78 is 2.33. The minimum Gasteiger partial charge on any atom is -0.388 e. The first-order chi connectivity index (χ1) is 19.5. The van der Waals surface area contributed by atoms with Crippen LogP contribution in [0.3, 0.4) is 0 Å². The predicted octanol–water partition coefficient (Wildman–Crippen LogP) is 9.39. The molecule has 40 heavy (non-hydrogen) atoms. The van der Waals surface area contributed by atoms with Crippen LogP contribution >= 0.6 is 11.9 Å². The van der Waals surface area contributed by atoms with Crippen LogP contribution in [-0.4, -0.2) is 35.6 Å². The van der Waals surface area contributed by atoms with Crippen LogP contribution < -0.4 is 9.62 Å². The average molecular weight is 557 g/mol. The first-order valence-electron chi connectivity index (χ1n) is 14.0. The highest BCUT2D eigenvalue weighted by Gasteiger charge is 2.10. The van der Waals surface area contributed by atoms with Crippen LogP contribution in [0, 0.1) is 6.92 Å². The smallest absolute Gasteiger partial charge is 0.150 e. The molecule has 0 amide bonds. The molecule has 0 atom stereocenters. The number of nitrogens with one attached hydrogen (secondary N) is 1. The highest BCUT2D eigenvalue weighted by atomic mass is 32.2. The zero-order valence-electron chi connectivity index (χ0n) is 24.7. The standard InChI is InChI=1S/C16H15N3.C12H15NOS.C3H8.C3H6/c1-11-3-5-13(17-2)9-14(11)16-6-4-12-10-18-8-7-15(12)19-16;14-10-11-4-6-12(7-5-11)13-8-2-1-3-9-15-13;2*1-3-2/h3-10,17H,1-2H3;4-7,10H,1-3,8-9H2;3H2,1-2H3;3H,1H2,2H3. The van der Waals surface area contributed by atoms with Crippen molar-refractivity contribution in [1.82, 2.24) is 9.97 Å². The molecule has 2 aromatic carbocycles. The Balaban J connectivity index is 0.000000239. The van der Waals surface area contributed by atoms with Gasteiger partial charge in [-0.05, 0) is 98.8 Å². The number of aryl methyl sites for hydroxylation is 1. The molecule has 0 aliphatic carbocycles. The van der Waals surface area contributed by atoms with E-state index in [0.717, 1.165) is 46.2 Å². The summed E-state index contributed by atoms with van der Waals surface area (Å²) in [4.78, 5) is 19.4. The maximum absolute atomic E-state index is 10.5. The Kier molecular flexibility index (Phi) is 15.2. The number of nitrogens with zero attached hydrogens (tertiary/aromatic N) is 3. The normalized spacial score (nSPS) is 12.3. The highest BCUT2D eigenvalue weighted by molar-refractivity contribution is 8.00. The molecule has 0 radical (unpaired) electrons. The lowest BCUT2D eigenvalue weighted by Crippen LogP contribution is -2.14. The van der Waals surface area contributed by atoms with Crippen molar-refractivity contribution in [3.63, 3.8) is 0 Å². The van der Waals surface area contributed by atoms with Crippen molar-refractivity contribution in [1.29, 1.82) is 0 Å². The van der Waals surface area contributed by atoms with E-state index < -0.39 is 0 Å². The van der Waals surface area contributed by atoms with Gasteiger partial charge < -0.3 is 9.62 Å². The molecule has 1 saturated heterocycles. The molecule has 1 fully saturated rings. The van der Waals surface area contributed by atoms with E-state index in [-0.39, 0.29) is 0 Å². The van der Waals surface area contributed by atoms with Gasteiger partial charge in [-0.3, -0.25) is 9.78 Å². The molecular formula is C34H44N4OS. The third-order valence-electron chi connectivity index (χ3n) is 5.86. The molecule has 3 heterocycles. The number of fused-ring (bicyclic) bond motifs is 1. The zero-order chi connectivity index (χ0) is 29.2. The van der Waals surface area contributed by atoms with Gasteiger partial charge >= 0.3 is 0 Å². The number of hydrogen-bond donors (Lipinski definition) is 1. The number of aldehydes is 1. The Labute approximate surface area is 245 Å². The molecule has 1 aliphatic rings. The fourth-order valence-corrected chi connectivity index (χ4v) is 4.95. The number of anilines is 2. The molecule has 5 rings (SSSR count). The number of aromatic nitrogens is 2. The number of pyridine rings is 2. The van der Waals surface area contributed by atoms with Crippen molar-refractivity contribution in [2.75, 3.05) is 29.0 Å². The topological polar surface area (TPSA) is 58.1 Å². The molecule has 0 spiro atoms. The van der Waals surface area contributed by atoms with Gasteiger partial charge in [-0.15, -0.1) is 6.58 Å². The molecular weight excluding hydrogens is 512 g/mol. The molecule has 6 heteroatoms. The van der Waals surface area contributed by atoms with E-state index in [9.17, 15) is 4.79 Å². The lowest BCUT2D eigenvalue weighted by atomic mass is 10.0. The molecule has 0 unspecified atom stereocenters. The van der Waals surface area contributed by atoms with Gasteiger partial charge in [0.25, 0.3) is 0 Å². The number of benzene rings is 2. The number of carbonyl (C=O) groups is 1. The second-order valence-corrected chi connectivity index (χ2v) is 10.5. The van der Waals surface area contributed by atoms with Crippen LogP contribution in [-0.2, 0) is 0 Å². The number of hydrogen-bond acceptors (Lipinski definition) is 6. The fraction of sp³-hybridized carbons (Fsp3) is 0.324. The Morgan fingerprint density at radius 3 is 2.42 bits per heavy atom. The summed E-state index contributed by atoms with van der Waals surface area (Å²) in [5.74, 6) is 1.20. The van der Waals surface area contributed by atoms with Crippen molar-refractivity contribution >= 4 is 40.5 Å². The molecule has 0 bridgehead atoms. The van der Waals surface area contributed by atoms with E-state index in [4.69, 9.17) is 4.98 Å². The van der Waals surface area contributed by atoms with Gasteiger partial charge in [-0.1, -0.05) is 38.8 Å². The number of allylic oxidation sites excluding steroid dienone is 1. The average Bonchev–Trinajstić information content (AvgIpc) is 3.28. The van der Waals surface area contributed by atoms with Gasteiger partial charge in [0.05, 0.1) is 11.2 Å². The van der Waals surface area contributed by atoms with Crippen LogP contribution in [0.2, 0.25) is 0 Å². The van der Waals surface area contributed by atoms with E-state index in [1.165, 1.54) is 42.7 Å². The van der Waals surface area contributed by atoms with Gasteiger partial charge in [0.15, 0.2) is 0 Å². The molecule has 5 nitrogen and oxygen atoms in total. The molecule has 0 saturated carbocycles. The Morgan fingerprint density at radius 2 is 1.75 bits per heavy atom. The Hall–Kier alpha value is -3.64. The summed E-state index contributed by atoms with van der Waals surface area (Å²) in [6, 6.07) is 20.2. The summed E-state index contributed by atoms with van der Waals surface area (Å²) in [6.45, 7) is 12.7. The fourth-order valence-electron chi connectivity index (χ4n) is 3.87. The van der Waals surface area contributed by atoms with Crippen molar-refractivity contribution in [2.45, 2.75) is 53.4 Å². The van der Waals surface area contributed by atoms with Crippen molar-refractivity contribution < 1.29 is 4.79 Å². The predicted molar refractivity (Wildman–Crippen MR) is 177 cm³/mol. The monoisotopic (exact) mass is 556 g/mol. The van der Waals surface area contributed by atoms with Crippen LogP contribution in [0.25, 0.3) is 22.2 Å². The maximum Gasteiger partial charge on any atom is 0.150 e. The first kappa shape index (κ1) is 32.6. The van der Waals surface area contributed by atoms with Crippen LogP contribution in [0.4, 0.5) is 11.4 Å². The summed E-state index contributed by atoms with van der Waals surface area (Å²) in [5.41, 5.74) is 7.41. The molecule has 1 aliphatic heterocycles. The molecule has 4 aromatic rings. The Bertz CT molecular complexity index is 1300. The summed E-state index contributed by atoms with van der Waals surface area (Å²) in [7, 11) is 1.92. The van der Waals surface area contributed by atoms with Gasteiger partial charge in [0.1, 0.15) is 6.29 Å². The van der Waals surface area contributed by atoms with Gasteiger partial charge in [-0.2, -0.15) is 0 Å². The zero-order valence-corrected chi connectivity index (χ0v) is 25.5. The van der Waals surface area contributed by atoms with Crippen LogP contribution in [0.15, 0.2) is 85.7 Å². The summed E-state index contributed by atoms with van der Waals surface area (Å²) >= 11 is 1.90. The minimum absolute atomic E-state index is 0.749. The molecule has 212 valence electrons. The van der Waals surface area contributed by atoms with E-state index in [1.807, 2.05) is 68.5 Å². The maximum atomic E-state index is 10.5. The van der Waals surface area contributed by atoms with Gasteiger partial charge in [0, 0.05) is 59.6 Å². The summed E-state index contributed by atoms with van der Waals surface area (Å²) in [5, 5.41) is 4.23. The largest absolute Gasteiger partial charge is 0.388 e. The third-order valence-corrected chi connectivity index (χ3v) is 7.04. The second-order valence-electron chi connectivity index (χ2n) is 9.37. The van der Waals surface area contributed by atoms with E-state index in [1.54, 1.807) is 12.3 Å². The van der Waals surface area contributed by atoms with E-state index in [0.29, 0.717) is 0 Å². The highest BCUT2D eigenvalue weighted by Crippen LogP contribution is 2.27. The van der Waals surface area contributed by atoms with Crippen molar-refractivity contribution in [3.05, 3.63) is 96.8 Å². The van der Waals surface area contributed by atoms with Gasteiger partial charge in [0.2, 0.25) is 0 Å².